The van der Waals surface area contributed by atoms with Gasteiger partial charge in [-0.1, -0.05) is 0 Å². The van der Waals surface area contributed by atoms with Gasteiger partial charge < -0.3 is 9.47 Å². The van der Waals surface area contributed by atoms with E-state index in [-0.39, 0.29) is 18.3 Å². The molecule has 0 aliphatic carbocycles. The van der Waals surface area contributed by atoms with Crippen LogP contribution in [0.1, 0.15) is 25.5 Å². The van der Waals surface area contributed by atoms with E-state index >= 15 is 0 Å². The molecular weight excluding hydrogens is 274 g/mol. The molecule has 7 heteroatoms. The number of nitro benzene ring substituents is 1. The summed E-state index contributed by atoms with van der Waals surface area (Å²) in [7, 11) is 1.47. The summed E-state index contributed by atoms with van der Waals surface area (Å²) in [5, 5.41) is 15.0. The van der Waals surface area contributed by atoms with Crippen LogP contribution in [-0.4, -0.2) is 21.8 Å². The van der Waals surface area contributed by atoms with Gasteiger partial charge in [0.1, 0.15) is 12.4 Å². The van der Waals surface area contributed by atoms with Crippen molar-refractivity contribution < 1.29 is 14.4 Å². The van der Waals surface area contributed by atoms with Gasteiger partial charge in [0.15, 0.2) is 5.75 Å². The van der Waals surface area contributed by atoms with Crippen LogP contribution in [0.5, 0.6) is 11.5 Å². The molecule has 112 valence electrons. The summed E-state index contributed by atoms with van der Waals surface area (Å²) in [4.78, 5) is 10.4. The third-order valence-corrected chi connectivity index (χ3v) is 2.91. The zero-order valence-electron chi connectivity index (χ0n) is 12.1. The van der Waals surface area contributed by atoms with E-state index in [1.807, 2.05) is 13.8 Å². The number of rotatable bonds is 6. The second-order valence-corrected chi connectivity index (χ2v) is 4.83. The van der Waals surface area contributed by atoms with E-state index < -0.39 is 4.92 Å². The Hall–Kier alpha value is -2.57. The van der Waals surface area contributed by atoms with Crippen molar-refractivity contribution in [3.05, 3.63) is 46.3 Å². The quantitative estimate of drug-likeness (QED) is 0.604. The molecule has 1 aromatic heterocycles. The normalized spacial score (nSPS) is 10.7. The summed E-state index contributed by atoms with van der Waals surface area (Å²) < 4.78 is 12.4. The molecule has 0 unspecified atom stereocenters. The molecule has 0 amide bonds. The van der Waals surface area contributed by atoms with Crippen LogP contribution in [0.15, 0.2) is 30.6 Å². The van der Waals surface area contributed by atoms with Gasteiger partial charge in [-0.2, -0.15) is 5.10 Å². The fourth-order valence-electron chi connectivity index (χ4n) is 1.79. The first-order valence-corrected chi connectivity index (χ1v) is 6.49. The molecule has 1 aromatic carbocycles. The summed E-state index contributed by atoms with van der Waals surface area (Å²) in [6.45, 7) is 4.24. The highest BCUT2D eigenvalue weighted by Crippen LogP contribution is 2.23. The molecule has 0 saturated carbocycles. The Balaban J connectivity index is 2.11. The standard InChI is InChI=1S/C14H17N3O4/c1-10(2)16-8-14(7-15-16)21-9-11-4-12(17(18)19)6-13(5-11)20-3/h4-8,10H,9H2,1-3H3. The minimum atomic E-state index is -0.456. The maximum atomic E-state index is 10.9. The number of nitro groups is 1. The highest BCUT2D eigenvalue weighted by atomic mass is 16.6. The minimum absolute atomic E-state index is 0.0224. The molecule has 7 nitrogen and oxygen atoms in total. The summed E-state index contributed by atoms with van der Waals surface area (Å²) in [5.74, 6) is 1.05. The first-order chi connectivity index (χ1) is 9.99. The lowest BCUT2D eigenvalue weighted by Gasteiger charge is -2.07. The Morgan fingerprint density at radius 1 is 1.33 bits per heavy atom. The zero-order chi connectivity index (χ0) is 15.4. The summed E-state index contributed by atoms with van der Waals surface area (Å²) >= 11 is 0. The van der Waals surface area contributed by atoms with E-state index in [4.69, 9.17) is 9.47 Å². The Labute approximate surface area is 122 Å². The number of hydrogen-bond acceptors (Lipinski definition) is 5. The molecule has 0 bridgehead atoms. The molecular formula is C14H17N3O4. The third-order valence-electron chi connectivity index (χ3n) is 2.91. The zero-order valence-corrected chi connectivity index (χ0v) is 12.1. The van der Waals surface area contributed by atoms with E-state index in [1.54, 1.807) is 23.1 Å². The second kappa shape index (κ2) is 6.25. The minimum Gasteiger partial charge on any atom is -0.496 e. The van der Waals surface area contributed by atoms with Gasteiger partial charge in [-0.15, -0.1) is 0 Å². The molecule has 21 heavy (non-hydrogen) atoms. The van der Waals surface area contributed by atoms with E-state index in [0.29, 0.717) is 17.1 Å². The van der Waals surface area contributed by atoms with Gasteiger partial charge in [0.25, 0.3) is 5.69 Å². The molecule has 0 radical (unpaired) electrons. The fraction of sp³-hybridized carbons (Fsp3) is 0.357. The van der Waals surface area contributed by atoms with Crippen molar-refractivity contribution in [3.63, 3.8) is 0 Å². The van der Waals surface area contributed by atoms with Crippen molar-refractivity contribution in [2.75, 3.05) is 7.11 Å². The molecule has 1 heterocycles. The van der Waals surface area contributed by atoms with E-state index in [2.05, 4.69) is 5.10 Å². The monoisotopic (exact) mass is 291 g/mol. The van der Waals surface area contributed by atoms with Gasteiger partial charge in [0.2, 0.25) is 0 Å². The van der Waals surface area contributed by atoms with E-state index in [0.717, 1.165) is 0 Å². The maximum Gasteiger partial charge on any atom is 0.273 e. The number of hydrogen-bond donors (Lipinski definition) is 0. The second-order valence-electron chi connectivity index (χ2n) is 4.83. The number of benzene rings is 1. The van der Waals surface area contributed by atoms with E-state index in [1.165, 1.54) is 19.2 Å². The van der Waals surface area contributed by atoms with Crippen molar-refractivity contribution in [1.29, 1.82) is 0 Å². The topological polar surface area (TPSA) is 79.4 Å². The molecule has 0 spiro atoms. The molecule has 0 fully saturated rings. The lowest BCUT2D eigenvalue weighted by Crippen LogP contribution is -2.00. The smallest absolute Gasteiger partial charge is 0.273 e. The van der Waals surface area contributed by atoms with Crippen LogP contribution in [0, 0.1) is 10.1 Å². The van der Waals surface area contributed by atoms with Crippen molar-refractivity contribution >= 4 is 5.69 Å². The van der Waals surface area contributed by atoms with Crippen LogP contribution in [-0.2, 0) is 6.61 Å². The largest absolute Gasteiger partial charge is 0.496 e. The van der Waals surface area contributed by atoms with Crippen LogP contribution >= 0.6 is 0 Å². The third kappa shape index (κ3) is 3.71. The Bertz CT molecular complexity index is 637. The first kappa shape index (κ1) is 14.8. The first-order valence-electron chi connectivity index (χ1n) is 6.49. The fourth-order valence-corrected chi connectivity index (χ4v) is 1.79. The lowest BCUT2D eigenvalue weighted by atomic mass is 10.2. The maximum absolute atomic E-state index is 10.9. The van der Waals surface area contributed by atoms with E-state index in [9.17, 15) is 10.1 Å². The Morgan fingerprint density at radius 2 is 2.10 bits per heavy atom. The highest BCUT2D eigenvalue weighted by molar-refractivity contribution is 5.42. The number of methoxy groups -OCH3 is 1. The number of aromatic nitrogens is 2. The summed E-state index contributed by atoms with van der Waals surface area (Å²) in [6.07, 6.45) is 3.41. The molecule has 0 N–H and O–H groups in total. The Morgan fingerprint density at radius 3 is 2.67 bits per heavy atom. The van der Waals surface area contributed by atoms with Gasteiger partial charge in [-0.05, 0) is 25.5 Å². The van der Waals surface area contributed by atoms with Crippen LogP contribution in [0.25, 0.3) is 0 Å². The van der Waals surface area contributed by atoms with Gasteiger partial charge in [-0.25, -0.2) is 0 Å². The average molecular weight is 291 g/mol. The molecule has 0 aliphatic heterocycles. The number of nitrogens with zero attached hydrogens (tertiary/aromatic N) is 3. The van der Waals surface area contributed by atoms with Gasteiger partial charge in [0, 0.05) is 12.1 Å². The highest BCUT2D eigenvalue weighted by Gasteiger charge is 2.11. The summed E-state index contributed by atoms with van der Waals surface area (Å²) in [5.41, 5.74) is 0.643. The van der Waals surface area contributed by atoms with Crippen molar-refractivity contribution in [2.45, 2.75) is 26.5 Å². The molecule has 0 saturated heterocycles. The van der Waals surface area contributed by atoms with Crippen molar-refractivity contribution in [2.24, 2.45) is 0 Å². The van der Waals surface area contributed by atoms with Crippen LogP contribution in [0.3, 0.4) is 0 Å². The summed E-state index contributed by atoms with van der Waals surface area (Å²) in [6, 6.07) is 4.80. The van der Waals surface area contributed by atoms with Crippen molar-refractivity contribution in [1.82, 2.24) is 9.78 Å². The van der Waals surface area contributed by atoms with Gasteiger partial charge in [0.05, 0.1) is 30.5 Å². The van der Waals surface area contributed by atoms with Gasteiger partial charge in [-0.3, -0.25) is 14.8 Å². The average Bonchev–Trinajstić information content (AvgIpc) is 2.93. The SMILES string of the molecule is COc1cc(COc2cnn(C(C)C)c2)cc([N+](=O)[O-])c1. The number of ether oxygens (including phenoxy) is 2. The van der Waals surface area contributed by atoms with Crippen LogP contribution in [0.2, 0.25) is 0 Å². The van der Waals surface area contributed by atoms with Gasteiger partial charge >= 0.3 is 0 Å². The van der Waals surface area contributed by atoms with Crippen LogP contribution < -0.4 is 9.47 Å². The molecule has 2 aromatic rings. The van der Waals surface area contributed by atoms with Crippen LogP contribution in [0.4, 0.5) is 5.69 Å². The predicted octanol–water partition coefficient (Wildman–Crippen LogP) is 2.96. The lowest BCUT2D eigenvalue weighted by molar-refractivity contribution is -0.385. The molecule has 0 aliphatic rings. The molecule has 0 atom stereocenters. The number of non-ortho nitro benzene ring substituents is 1. The molecule has 2 rings (SSSR count). The Kier molecular flexibility index (Phi) is 4.42. The van der Waals surface area contributed by atoms with Crippen molar-refractivity contribution in [3.8, 4) is 11.5 Å². The predicted molar refractivity (Wildman–Crippen MR) is 76.6 cm³/mol.